The van der Waals surface area contributed by atoms with Gasteiger partial charge in [-0.3, -0.25) is 0 Å². The Hall–Kier alpha value is -1.93. The molecule has 0 radical (unpaired) electrons. The molecule has 3 aromatic rings. The topological polar surface area (TPSA) is 25.2 Å². The molecule has 1 aliphatic rings. The zero-order chi connectivity index (χ0) is 12.1. The Morgan fingerprint density at radius 2 is 1.94 bits per heavy atom. The Balaban J connectivity index is 2.16. The molecule has 88 valence electrons. The van der Waals surface area contributed by atoms with Crippen LogP contribution in [0, 0.1) is 0 Å². The lowest BCUT2D eigenvalue weighted by molar-refractivity contribution is 0.594. The van der Waals surface area contributed by atoms with E-state index in [9.17, 15) is 0 Å². The Bertz CT molecular complexity index is 801. The third-order valence-corrected chi connectivity index (χ3v) is 3.65. The Morgan fingerprint density at radius 1 is 1.06 bits per heavy atom. The van der Waals surface area contributed by atoms with Crippen molar-refractivity contribution in [3.63, 3.8) is 0 Å². The fourth-order valence-electron chi connectivity index (χ4n) is 2.53. The molecule has 0 bridgehead atoms. The van der Waals surface area contributed by atoms with Crippen molar-refractivity contribution >= 4 is 39.4 Å². The van der Waals surface area contributed by atoms with Crippen LogP contribution in [0.15, 0.2) is 46.0 Å². The molecular weight excluding hydrogens is 246 g/mol. The third-order valence-electron chi connectivity index (χ3n) is 3.41. The van der Waals surface area contributed by atoms with Crippen LogP contribution < -0.4 is 5.32 Å². The van der Waals surface area contributed by atoms with Crippen molar-refractivity contribution in [3.05, 3.63) is 52.9 Å². The van der Waals surface area contributed by atoms with Gasteiger partial charge in [-0.25, -0.2) is 0 Å². The van der Waals surface area contributed by atoms with Crippen molar-refractivity contribution in [2.75, 3.05) is 0 Å². The molecule has 18 heavy (non-hydrogen) atoms. The van der Waals surface area contributed by atoms with Gasteiger partial charge in [-0.15, -0.1) is 0 Å². The van der Waals surface area contributed by atoms with Crippen LogP contribution in [0.1, 0.15) is 11.3 Å². The largest absolute Gasteiger partial charge is 0.456 e. The van der Waals surface area contributed by atoms with Crippen LogP contribution >= 0.6 is 11.6 Å². The molecule has 0 saturated carbocycles. The predicted molar refractivity (Wildman–Crippen MR) is 74.4 cm³/mol. The molecule has 0 fully saturated rings. The van der Waals surface area contributed by atoms with E-state index in [0.29, 0.717) is 5.16 Å². The quantitative estimate of drug-likeness (QED) is 0.608. The second kappa shape index (κ2) is 3.53. The first-order valence-corrected chi connectivity index (χ1v) is 6.25. The van der Waals surface area contributed by atoms with Gasteiger partial charge in [0.1, 0.15) is 16.5 Å². The third kappa shape index (κ3) is 1.30. The van der Waals surface area contributed by atoms with Crippen LogP contribution in [-0.4, -0.2) is 0 Å². The highest BCUT2D eigenvalue weighted by molar-refractivity contribution is 6.31. The standard InChI is InChI=1S/C15H10ClNO/c16-14-7-13-12(8-17-14)11-6-5-9-3-1-2-4-10(9)15(11)18-13/h1-7,17H,8H2. The van der Waals surface area contributed by atoms with Crippen molar-refractivity contribution in [3.8, 4) is 0 Å². The molecule has 0 spiro atoms. The molecular formula is C15H10ClNO. The van der Waals surface area contributed by atoms with Crippen molar-refractivity contribution in [1.29, 1.82) is 0 Å². The van der Waals surface area contributed by atoms with Crippen molar-refractivity contribution in [2.45, 2.75) is 6.54 Å². The SMILES string of the molecule is ClC1=Cc2oc3c(ccc4ccccc43)c2CN1. The predicted octanol–water partition coefficient (Wildman–Crippen LogP) is 4.23. The first-order chi connectivity index (χ1) is 8.83. The number of halogens is 1. The van der Waals surface area contributed by atoms with E-state index < -0.39 is 0 Å². The molecule has 4 rings (SSSR count). The molecule has 2 aromatic carbocycles. The molecule has 0 aliphatic carbocycles. The van der Waals surface area contributed by atoms with Gasteiger partial charge in [0.2, 0.25) is 0 Å². The van der Waals surface area contributed by atoms with Gasteiger partial charge in [0.05, 0.1) is 0 Å². The lowest BCUT2D eigenvalue weighted by Gasteiger charge is -2.09. The highest BCUT2D eigenvalue weighted by atomic mass is 35.5. The summed E-state index contributed by atoms with van der Waals surface area (Å²) in [5, 5.41) is 7.27. The minimum absolute atomic E-state index is 0.630. The van der Waals surface area contributed by atoms with Crippen LogP contribution in [0.4, 0.5) is 0 Å². The first kappa shape index (κ1) is 10.0. The molecule has 2 heterocycles. The number of nitrogens with one attached hydrogen (secondary N) is 1. The molecule has 0 atom stereocenters. The summed E-state index contributed by atoms with van der Waals surface area (Å²) in [5.41, 5.74) is 2.13. The lowest BCUT2D eigenvalue weighted by Crippen LogP contribution is -2.12. The van der Waals surface area contributed by atoms with E-state index in [1.54, 1.807) is 0 Å². The maximum Gasteiger partial charge on any atom is 0.142 e. The minimum Gasteiger partial charge on any atom is -0.456 e. The summed E-state index contributed by atoms with van der Waals surface area (Å²) in [6.07, 6.45) is 1.84. The van der Waals surface area contributed by atoms with E-state index in [4.69, 9.17) is 16.0 Å². The number of benzene rings is 2. The summed E-state index contributed by atoms with van der Waals surface area (Å²) >= 11 is 5.98. The Kier molecular flexibility index (Phi) is 1.97. The maximum atomic E-state index is 5.98. The van der Waals surface area contributed by atoms with Gasteiger partial charge in [0, 0.05) is 29.0 Å². The summed E-state index contributed by atoms with van der Waals surface area (Å²) < 4.78 is 5.97. The zero-order valence-electron chi connectivity index (χ0n) is 9.53. The molecule has 3 heteroatoms. The summed E-state index contributed by atoms with van der Waals surface area (Å²) in [4.78, 5) is 0. The molecule has 0 unspecified atom stereocenters. The summed E-state index contributed by atoms with van der Waals surface area (Å²) in [6, 6.07) is 12.5. The monoisotopic (exact) mass is 255 g/mol. The second-order valence-corrected chi connectivity index (χ2v) is 4.86. The average molecular weight is 256 g/mol. The van der Waals surface area contributed by atoms with Crippen LogP contribution in [0.2, 0.25) is 0 Å². The number of hydrogen-bond acceptors (Lipinski definition) is 2. The molecule has 0 saturated heterocycles. The van der Waals surface area contributed by atoms with E-state index in [1.165, 1.54) is 10.9 Å². The fraction of sp³-hybridized carbons (Fsp3) is 0.0667. The molecule has 0 amide bonds. The number of rotatable bonds is 0. The zero-order valence-corrected chi connectivity index (χ0v) is 10.3. The summed E-state index contributed by atoms with van der Waals surface area (Å²) in [5.74, 6) is 0.866. The van der Waals surface area contributed by atoms with E-state index in [1.807, 2.05) is 18.2 Å². The molecule has 1 aromatic heterocycles. The van der Waals surface area contributed by atoms with Gasteiger partial charge in [-0.1, -0.05) is 48.0 Å². The van der Waals surface area contributed by atoms with Gasteiger partial charge in [-0.2, -0.15) is 0 Å². The normalized spacial score (nSPS) is 14.4. The molecule has 1 aliphatic heterocycles. The van der Waals surface area contributed by atoms with Crippen LogP contribution in [0.25, 0.3) is 27.8 Å². The minimum atomic E-state index is 0.630. The van der Waals surface area contributed by atoms with E-state index in [-0.39, 0.29) is 0 Å². The van der Waals surface area contributed by atoms with Crippen molar-refractivity contribution in [1.82, 2.24) is 5.32 Å². The first-order valence-electron chi connectivity index (χ1n) is 5.87. The lowest BCUT2D eigenvalue weighted by atomic mass is 10.0. The number of fused-ring (bicyclic) bond motifs is 5. The summed E-state index contributed by atoms with van der Waals surface area (Å²) in [7, 11) is 0. The number of hydrogen-bond donors (Lipinski definition) is 1. The highest BCUT2D eigenvalue weighted by Gasteiger charge is 2.18. The average Bonchev–Trinajstić information content (AvgIpc) is 2.76. The second-order valence-electron chi connectivity index (χ2n) is 4.45. The highest BCUT2D eigenvalue weighted by Crippen LogP contribution is 2.34. The van der Waals surface area contributed by atoms with Crippen LogP contribution in [-0.2, 0) is 6.54 Å². The number of furan rings is 1. The Labute approximate surface area is 109 Å². The van der Waals surface area contributed by atoms with Crippen molar-refractivity contribution in [2.24, 2.45) is 0 Å². The summed E-state index contributed by atoms with van der Waals surface area (Å²) in [6.45, 7) is 0.718. The van der Waals surface area contributed by atoms with E-state index >= 15 is 0 Å². The van der Waals surface area contributed by atoms with Crippen molar-refractivity contribution < 1.29 is 4.42 Å². The van der Waals surface area contributed by atoms with Gasteiger partial charge in [0.15, 0.2) is 0 Å². The van der Waals surface area contributed by atoms with Gasteiger partial charge >= 0.3 is 0 Å². The molecule has 1 N–H and O–H groups in total. The van der Waals surface area contributed by atoms with Crippen LogP contribution in [0.5, 0.6) is 0 Å². The van der Waals surface area contributed by atoms with Crippen LogP contribution in [0.3, 0.4) is 0 Å². The van der Waals surface area contributed by atoms with Gasteiger partial charge in [-0.05, 0) is 5.39 Å². The Morgan fingerprint density at radius 3 is 2.89 bits per heavy atom. The van der Waals surface area contributed by atoms with E-state index in [2.05, 4.69) is 29.6 Å². The molecule has 2 nitrogen and oxygen atoms in total. The maximum absolute atomic E-state index is 5.98. The smallest absolute Gasteiger partial charge is 0.142 e. The van der Waals surface area contributed by atoms with Gasteiger partial charge < -0.3 is 9.73 Å². The fourth-order valence-corrected chi connectivity index (χ4v) is 2.70. The van der Waals surface area contributed by atoms with Gasteiger partial charge in [0.25, 0.3) is 0 Å². The van der Waals surface area contributed by atoms with E-state index in [0.717, 1.165) is 28.7 Å².